The van der Waals surface area contributed by atoms with Gasteiger partial charge in [-0.05, 0) is 6.42 Å². The van der Waals surface area contributed by atoms with Crippen molar-refractivity contribution >= 4 is 11.6 Å². The lowest BCUT2D eigenvalue weighted by Crippen LogP contribution is -2.17. The number of Topliss-reactive ketones (excluding diaryl/α,β-unsaturated/α-hetero) is 2. The van der Waals surface area contributed by atoms with Crippen LogP contribution in [-0.2, 0) is 9.59 Å². The third-order valence-corrected chi connectivity index (χ3v) is 1.41. The predicted molar refractivity (Wildman–Crippen MR) is 35.1 cm³/mol. The van der Waals surface area contributed by atoms with Gasteiger partial charge in [-0.2, -0.15) is 0 Å². The number of hydrogen-bond donors (Lipinski definition) is 0. The molecule has 0 spiro atoms. The van der Waals surface area contributed by atoms with Gasteiger partial charge in [-0.1, -0.05) is 13.8 Å². The Morgan fingerprint density at radius 2 is 1.89 bits per heavy atom. The van der Waals surface area contributed by atoms with Crippen molar-refractivity contribution in [3.05, 3.63) is 0 Å². The van der Waals surface area contributed by atoms with E-state index in [4.69, 9.17) is 0 Å². The Bertz CT molecular complexity index is 127. The molecule has 0 saturated carbocycles. The lowest BCUT2D eigenvalue weighted by molar-refractivity contribution is -0.137. The van der Waals surface area contributed by atoms with Gasteiger partial charge in [-0.15, -0.1) is 0 Å². The van der Waals surface area contributed by atoms with Crippen LogP contribution in [0.4, 0.5) is 0 Å². The van der Waals surface area contributed by atoms with E-state index in [2.05, 4.69) is 0 Å². The molecule has 52 valence electrons. The summed E-state index contributed by atoms with van der Waals surface area (Å²) in [5.74, 6) is -0.677. The number of hydrogen-bond acceptors (Lipinski definition) is 2. The van der Waals surface area contributed by atoms with Gasteiger partial charge in [0.05, 0.1) is 0 Å². The van der Waals surface area contributed by atoms with Crippen LogP contribution in [0.5, 0.6) is 0 Å². The van der Waals surface area contributed by atoms with Crippen molar-refractivity contribution in [1.29, 1.82) is 0 Å². The van der Waals surface area contributed by atoms with E-state index < -0.39 is 0 Å². The molecule has 0 amide bonds. The lowest BCUT2D eigenvalue weighted by atomic mass is 10.0. The second kappa shape index (κ2) is 3.38. The number of rotatable bonds is 3. The summed E-state index contributed by atoms with van der Waals surface area (Å²) in [5.41, 5.74) is 0. The summed E-state index contributed by atoms with van der Waals surface area (Å²) in [6.07, 6.45) is 0.748. The predicted octanol–water partition coefficient (Wildman–Crippen LogP) is 1.19. The summed E-state index contributed by atoms with van der Waals surface area (Å²) >= 11 is 0. The average Bonchev–Trinajstić information content (AvgIpc) is 1.84. The van der Waals surface area contributed by atoms with Crippen molar-refractivity contribution < 1.29 is 9.59 Å². The normalized spacial score (nSPS) is 12.8. The van der Waals surface area contributed by atoms with Gasteiger partial charge in [0, 0.05) is 12.8 Å². The highest BCUT2D eigenvalue weighted by atomic mass is 16.2. The minimum absolute atomic E-state index is 0.0949. The molecule has 0 saturated heterocycles. The second-order valence-electron chi connectivity index (χ2n) is 2.23. The molecule has 0 unspecified atom stereocenters. The maximum atomic E-state index is 10.7. The average molecular weight is 128 g/mol. The zero-order valence-corrected chi connectivity index (χ0v) is 6.10. The largest absolute Gasteiger partial charge is 0.291 e. The zero-order valence-electron chi connectivity index (χ0n) is 6.10. The van der Waals surface area contributed by atoms with Crippen LogP contribution in [-0.4, -0.2) is 11.6 Å². The fraction of sp³-hybridized carbons (Fsp3) is 0.714. The Labute approximate surface area is 55.3 Å². The topological polar surface area (TPSA) is 34.1 Å². The molecule has 0 rings (SSSR count). The van der Waals surface area contributed by atoms with E-state index in [1.165, 1.54) is 6.92 Å². The van der Waals surface area contributed by atoms with Crippen LogP contribution in [0.25, 0.3) is 0 Å². The standard InChI is InChI=1S/C7H12O2/c1-4-5(2)7(9)6(3)8/h5H,4H2,1-3H3/t5-/m1/s1. The Morgan fingerprint density at radius 3 is 2.00 bits per heavy atom. The summed E-state index contributed by atoms with van der Waals surface area (Å²) < 4.78 is 0. The zero-order chi connectivity index (χ0) is 7.44. The van der Waals surface area contributed by atoms with Gasteiger partial charge >= 0.3 is 0 Å². The Balaban J connectivity index is 3.88. The molecule has 0 aromatic rings. The molecule has 1 atom stereocenters. The quantitative estimate of drug-likeness (QED) is 0.535. The van der Waals surface area contributed by atoms with Gasteiger partial charge < -0.3 is 0 Å². The van der Waals surface area contributed by atoms with Crippen LogP contribution in [0.15, 0.2) is 0 Å². The molecule has 0 aliphatic rings. The fourth-order valence-electron chi connectivity index (χ4n) is 0.532. The molecule has 0 heterocycles. The Kier molecular flexibility index (Phi) is 3.13. The van der Waals surface area contributed by atoms with E-state index >= 15 is 0 Å². The van der Waals surface area contributed by atoms with Crippen molar-refractivity contribution in [3.8, 4) is 0 Å². The third kappa shape index (κ3) is 2.40. The maximum Gasteiger partial charge on any atom is 0.200 e. The Hall–Kier alpha value is -0.660. The second-order valence-corrected chi connectivity index (χ2v) is 2.23. The highest BCUT2D eigenvalue weighted by Gasteiger charge is 2.14. The summed E-state index contributed by atoms with van der Waals surface area (Å²) in [6.45, 7) is 4.98. The van der Waals surface area contributed by atoms with Crippen LogP contribution in [0.1, 0.15) is 27.2 Å². The lowest BCUT2D eigenvalue weighted by Gasteiger charge is -2.01. The SMILES string of the molecule is CC[C@@H](C)C(=O)C(C)=O. The highest BCUT2D eigenvalue weighted by Crippen LogP contribution is 2.01. The van der Waals surface area contributed by atoms with Crippen LogP contribution in [0, 0.1) is 5.92 Å². The van der Waals surface area contributed by atoms with Crippen LogP contribution >= 0.6 is 0 Å². The minimum atomic E-state index is -0.329. The van der Waals surface area contributed by atoms with Gasteiger partial charge in [-0.25, -0.2) is 0 Å². The van der Waals surface area contributed by atoms with E-state index in [-0.39, 0.29) is 17.5 Å². The fourth-order valence-corrected chi connectivity index (χ4v) is 0.532. The van der Waals surface area contributed by atoms with Gasteiger partial charge in [0.15, 0.2) is 5.78 Å². The van der Waals surface area contributed by atoms with E-state index in [1.807, 2.05) is 6.92 Å². The molecule has 2 heteroatoms. The van der Waals surface area contributed by atoms with Crippen molar-refractivity contribution in [3.63, 3.8) is 0 Å². The third-order valence-electron chi connectivity index (χ3n) is 1.41. The van der Waals surface area contributed by atoms with Gasteiger partial charge in [0.25, 0.3) is 0 Å². The number of carbonyl (C=O) groups is 2. The summed E-state index contributed by atoms with van der Waals surface area (Å²) in [7, 11) is 0. The van der Waals surface area contributed by atoms with Crippen LogP contribution < -0.4 is 0 Å². The first kappa shape index (κ1) is 8.34. The first-order valence-corrected chi connectivity index (χ1v) is 3.14. The first-order chi connectivity index (χ1) is 4.09. The van der Waals surface area contributed by atoms with Gasteiger partial charge in [0.2, 0.25) is 5.78 Å². The molecule has 0 fully saturated rings. The van der Waals surface area contributed by atoms with Crippen molar-refractivity contribution in [1.82, 2.24) is 0 Å². The molecule has 0 aromatic heterocycles. The molecule has 0 N–H and O–H groups in total. The summed E-state index contributed by atoms with van der Waals surface area (Å²) in [5, 5.41) is 0. The van der Waals surface area contributed by atoms with Crippen molar-refractivity contribution in [2.24, 2.45) is 5.92 Å². The molecule has 0 aromatic carbocycles. The van der Waals surface area contributed by atoms with Crippen molar-refractivity contribution in [2.75, 3.05) is 0 Å². The molecule has 2 nitrogen and oxygen atoms in total. The molecule has 0 aliphatic carbocycles. The number of ketones is 2. The monoisotopic (exact) mass is 128 g/mol. The Morgan fingerprint density at radius 1 is 1.44 bits per heavy atom. The van der Waals surface area contributed by atoms with Gasteiger partial charge in [-0.3, -0.25) is 9.59 Å². The summed E-state index contributed by atoms with van der Waals surface area (Å²) in [6, 6.07) is 0. The smallest absolute Gasteiger partial charge is 0.200 e. The highest BCUT2D eigenvalue weighted by molar-refractivity contribution is 6.36. The van der Waals surface area contributed by atoms with E-state index in [9.17, 15) is 9.59 Å². The molecule has 0 bridgehead atoms. The first-order valence-electron chi connectivity index (χ1n) is 3.14. The molecular weight excluding hydrogens is 116 g/mol. The van der Waals surface area contributed by atoms with Crippen LogP contribution in [0.3, 0.4) is 0 Å². The maximum absolute atomic E-state index is 10.7. The van der Waals surface area contributed by atoms with Crippen molar-refractivity contribution in [2.45, 2.75) is 27.2 Å². The molecule has 9 heavy (non-hydrogen) atoms. The van der Waals surface area contributed by atoms with Gasteiger partial charge in [0.1, 0.15) is 0 Å². The molecule has 0 aliphatic heterocycles. The summed E-state index contributed by atoms with van der Waals surface area (Å²) in [4.78, 5) is 21.1. The van der Waals surface area contributed by atoms with E-state index in [0.29, 0.717) is 0 Å². The van der Waals surface area contributed by atoms with E-state index in [1.54, 1.807) is 6.92 Å². The van der Waals surface area contributed by atoms with E-state index in [0.717, 1.165) is 6.42 Å². The van der Waals surface area contributed by atoms with Crippen LogP contribution in [0.2, 0.25) is 0 Å². The molecular formula is C7H12O2. The molecule has 0 radical (unpaired) electrons. The minimum Gasteiger partial charge on any atom is -0.291 e. The number of carbonyl (C=O) groups excluding carboxylic acids is 2.